The van der Waals surface area contributed by atoms with E-state index in [1.54, 1.807) is 6.07 Å². The molecule has 2 heterocycles. The summed E-state index contributed by atoms with van der Waals surface area (Å²) in [4.78, 5) is 38.1. The first-order chi connectivity index (χ1) is 9.90. The Morgan fingerprint density at radius 1 is 1.43 bits per heavy atom. The van der Waals surface area contributed by atoms with E-state index >= 15 is 0 Å². The van der Waals surface area contributed by atoms with Crippen LogP contribution in [0.15, 0.2) is 12.1 Å². The van der Waals surface area contributed by atoms with Crippen molar-refractivity contribution in [1.29, 1.82) is 0 Å². The van der Waals surface area contributed by atoms with Gasteiger partial charge in [-0.1, -0.05) is 6.92 Å². The lowest BCUT2D eigenvalue weighted by Gasteiger charge is -2.23. The molecule has 0 saturated carbocycles. The Labute approximate surface area is 126 Å². The van der Waals surface area contributed by atoms with Crippen LogP contribution in [-0.2, 0) is 9.59 Å². The molecule has 1 fully saturated rings. The highest BCUT2D eigenvalue weighted by atomic mass is 32.1. The van der Waals surface area contributed by atoms with Crippen molar-refractivity contribution in [2.24, 2.45) is 5.92 Å². The summed E-state index contributed by atoms with van der Waals surface area (Å²) >= 11 is 1.35. The summed E-state index contributed by atoms with van der Waals surface area (Å²) in [5, 5.41) is 11.7. The molecular weight excluding hydrogens is 292 g/mol. The van der Waals surface area contributed by atoms with Gasteiger partial charge in [0.2, 0.25) is 5.91 Å². The number of aryl methyl sites for hydroxylation is 1. The first-order valence-electron chi connectivity index (χ1n) is 6.77. The number of rotatable bonds is 4. The van der Waals surface area contributed by atoms with Crippen molar-refractivity contribution in [3.8, 4) is 0 Å². The highest BCUT2D eigenvalue weighted by Crippen LogP contribution is 2.24. The molecule has 114 valence electrons. The van der Waals surface area contributed by atoms with E-state index in [1.165, 1.54) is 16.2 Å². The fraction of sp³-hybridized carbons (Fsp3) is 0.500. The van der Waals surface area contributed by atoms with E-state index < -0.39 is 12.0 Å². The van der Waals surface area contributed by atoms with Crippen molar-refractivity contribution < 1.29 is 19.5 Å². The third-order valence-corrected chi connectivity index (χ3v) is 4.64. The normalized spacial score (nSPS) is 21.3. The second kappa shape index (κ2) is 6.26. The molecule has 2 amide bonds. The zero-order chi connectivity index (χ0) is 15.6. The maximum atomic E-state index is 12.1. The maximum Gasteiger partial charge on any atom is 0.326 e. The van der Waals surface area contributed by atoms with Gasteiger partial charge in [0.1, 0.15) is 6.04 Å². The Kier molecular flexibility index (Phi) is 4.62. The summed E-state index contributed by atoms with van der Waals surface area (Å²) in [6.45, 7) is 3.96. The van der Waals surface area contributed by atoms with Crippen molar-refractivity contribution in [3.05, 3.63) is 21.9 Å². The average molecular weight is 310 g/mol. The van der Waals surface area contributed by atoms with Gasteiger partial charge < -0.3 is 15.3 Å². The number of carboxylic acids is 1. The fourth-order valence-electron chi connectivity index (χ4n) is 2.50. The molecular formula is C14H18N2O4S. The van der Waals surface area contributed by atoms with E-state index in [2.05, 4.69) is 5.32 Å². The maximum absolute atomic E-state index is 12.1. The second-order valence-electron chi connectivity index (χ2n) is 5.23. The standard InChI is InChI=1S/C14H18N2O4S/c1-8-5-6-16(12(8)14(19)20)11(17)7-15-13(18)10-4-3-9(2)21-10/h3-4,8,12H,5-7H2,1-2H3,(H,15,18)(H,19,20). The molecule has 1 aliphatic rings. The minimum absolute atomic E-state index is 0.0675. The lowest BCUT2D eigenvalue weighted by molar-refractivity contribution is -0.149. The average Bonchev–Trinajstić information content (AvgIpc) is 3.01. The van der Waals surface area contributed by atoms with Crippen LogP contribution in [0.25, 0.3) is 0 Å². The van der Waals surface area contributed by atoms with Gasteiger partial charge in [-0.15, -0.1) is 11.3 Å². The lowest BCUT2D eigenvalue weighted by Crippen LogP contribution is -2.46. The van der Waals surface area contributed by atoms with Crippen molar-refractivity contribution in [2.45, 2.75) is 26.3 Å². The molecule has 7 heteroatoms. The van der Waals surface area contributed by atoms with E-state index in [0.717, 1.165) is 4.88 Å². The number of carbonyl (C=O) groups is 3. The van der Waals surface area contributed by atoms with Crippen LogP contribution in [0.4, 0.5) is 0 Å². The number of aliphatic carboxylic acids is 1. The van der Waals surface area contributed by atoms with Crippen molar-refractivity contribution in [2.75, 3.05) is 13.1 Å². The minimum Gasteiger partial charge on any atom is -0.480 e. The number of thiophene rings is 1. The molecule has 0 aromatic carbocycles. The molecule has 1 aromatic heterocycles. The molecule has 6 nitrogen and oxygen atoms in total. The lowest BCUT2D eigenvalue weighted by atomic mass is 10.0. The predicted molar refractivity (Wildman–Crippen MR) is 78.3 cm³/mol. The third-order valence-electron chi connectivity index (χ3n) is 3.64. The summed E-state index contributed by atoms with van der Waals surface area (Å²) < 4.78 is 0. The Morgan fingerprint density at radius 3 is 2.71 bits per heavy atom. The Morgan fingerprint density at radius 2 is 2.14 bits per heavy atom. The summed E-state index contributed by atoms with van der Waals surface area (Å²) in [5.74, 6) is -1.72. The topological polar surface area (TPSA) is 86.7 Å². The van der Waals surface area contributed by atoms with Gasteiger partial charge in [0.25, 0.3) is 5.91 Å². The fourth-order valence-corrected chi connectivity index (χ4v) is 3.29. The predicted octanol–water partition coefficient (Wildman–Crippen LogP) is 1.11. The number of amides is 2. The zero-order valence-corrected chi connectivity index (χ0v) is 12.8. The quantitative estimate of drug-likeness (QED) is 0.872. The van der Waals surface area contributed by atoms with E-state index in [0.29, 0.717) is 17.8 Å². The third kappa shape index (κ3) is 3.41. The molecule has 0 bridgehead atoms. The summed E-state index contributed by atoms with van der Waals surface area (Å²) in [6.07, 6.45) is 0.667. The molecule has 2 unspecified atom stereocenters. The highest BCUT2D eigenvalue weighted by Gasteiger charge is 2.39. The van der Waals surface area contributed by atoms with Gasteiger partial charge >= 0.3 is 5.97 Å². The molecule has 0 spiro atoms. The number of nitrogens with one attached hydrogen (secondary N) is 1. The van der Waals surface area contributed by atoms with Gasteiger partial charge in [0.15, 0.2) is 0 Å². The second-order valence-corrected chi connectivity index (χ2v) is 6.52. The monoisotopic (exact) mass is 310 g/mol. The Bertz CT molecular complexity index is 569. The number of nitrogens with zero attached hydrogens (tertiary/aromatic N) is 1. The molecule has 2 N–H and O–H groups in total. The van der Waals surface area contributed by atoms with Crippen LogP contribution >= 0.6 is 11.3 Å². The highest BCUT2D eigenvalue weighted by molar-refractivity contribution is 7.13. The van der Waals surface area contributed by atoms with Gasteiger partial charge in [0.05, 0.1) is 11.4 Å². The van der Waals surface area contributed by atoms with Gasteiger partial charge in [-0.05, 0) is 31.4 Å². The largest absolute Gasteiger partial charge is 0.480 e. The van der Waals surface area contributed by atoms with Crippen LogP contribution in [0.5, 0.6) is 0 Å². The number of carboxylic acid groups (broad SMARTS) is 1. The number of hydrogen-bond acceptors (Lipinski definition) is 4. The van der Waals surface area contributed by atoms with Gasteiger partial charge in [-0.2, -0.15) is 0 Å². The van der Waals surface area contributed by atoms with Crippen LogP contribution in [0.2, 0.25) is 0 Å². The van der Waals surface area contributed by atoms with Crippen LogP contribution in [0.1, 0.15) is 27.9 Å². The molecule has 0 radical (unpaired) electrons. The van der Waals surface area contributed by atoms with Gasteiger partial charge in [0, 0.05) is 11.4 Å². The van der Waals surface area contributed by atoms with Crippen molar-refractivity contribution in [3.63, 3.8) is 0 Å². The van der Waals surface area contributed by atoms with E-state index in [4.69, 9.17) is 0 Å². The first kappa shape index (κ1) is 15.5. The molecule has 0 aliphatic carbocycles. The summed E-state index contributed by atoms with van der Waals surface area (Å²) in [6, 6.07) is 2.75. The van der Waals surface area contributed by atoms with Crippen molar-refractivity contribution >= 4 is 29.1 Å². The van der Waals surface area contributed by atoms with E-state index in [1.807, 2.05) is 19.9 Å². The molecule has 2 rings (SSSR count). The number of carbonyl (C=O) groups excluding carboxylic acids is 2. The van der Waals surface area contributed by atoms with E-state index in [-0.39, 0.29) is 24.3 Å². The molecule has 1 aliphatic heterocycles. The van der Waals surface area contributed by atoms with Gasteiger partial charge in [-0.3, -0.25) is 9.59 Å². The van der Waals surface area contributed by atoms with Gasteiger partial charge in [-0.25, -0.2) is 4.79 Å². The molecule has 1 saturated heterocycles. The Hall–Kier alpha value is -1.89. The zero-order valence-electron chi connectivity index (χ0n) is 12.0. The van der Waals surface area contributed by atoms with Crippen LogP contribution < -0.4 is 5.32 Å². The Balaban J connectivity index is 1.93. The summed E-state index contributed by atoms with van der Waals surface area (Å²) in [7, 11) is 0. The van der Waals surface area contributed by atoms with Crippen LogP contribution in [0.3, 0.4) is 0 Å². The molecule has 2 atom stereocenters. The first-order valence-corrected chi connectivity index (χ1v) is 7.58. The van der Waals surface area contributed by atoms with Crippen LogP contribution in [0, 0.1) is 12.8 Å². The smallest absolute Gasteiger partial charge is 0.326 e. The summed E-state index contributed by atoms with van der Waals surface area (Å²) in [5.41, 5.74) is 0. The SMILES string of the molecule is Cc1ccc(C(=O)NCC(=O)N2CCC(C)C2C(=O)O)s1. The number of hydrogen-bond donors (Lipinski definition) is 2. The van der Waals surface area contributed by atoms with Crippen LogP contribution in [-0.4, -0.2) is 46.9 Å². The minimum atomic E-state index is -0.992. The molecule has 1 aromatic rings. The van der Waals surface area contributed by atoms with E-state index in [9.17, 15) is 19.5 Å². The van der Waals surface area contributed by atoms with Crippen molar-refractivity contribution in [1.82, 2.24) is 10.2 Å². The number of likely N-dealkylation sites (tertiary alicyclic amines) is 1. The molecule has 21 heavy (non-hydrogen) atoms.